The van der Waals surface area contributed by atoms with Gasteiger partial charge in [-0.3, -0.25) is 10.7 Å². The monoisotopic (exact) mass is 265 g/mol. The summed E-state index contributed by atoms with van der Waals surface area (Å²) in [6.45, 7) is 3.95. The normalized spacial score (nSPS) is 19.9. The van der Waals surface area contributed by atoms with E-state index in [1.807, 2.05) is 5.01 Å². The molecule has 0 atom stereocenters. The van der Waals surface area contributed by atoms with Crippen molar-refractivity contribution in [1.29, 1.82) is 0 Å². The molecular weight excluding hydrogens is 246 g/mol. The van der Waals surface area contributed by atoms with Crippen molar-refractivity contribution in [3.63, 3.8) is 0 Å². The highest BCUT2D eigenvalue weighted by molar-refractivity contribution is 5.78. The van der Waals surface area contributed by atoms with Crippen LogP contribution in [0, 0.1) is 0 Å². The molecule has 1 fully saturated rings. The number of rotatable bonds is 1. The highest BCUT2D eigenvalue weighted by Gasteiger charge is 2.33. The van der Waals surface area contributed by atoms with E-state index < -0.39 is 0 Å². The lowest BCUT2D eigenvalue weighted by molar-refractivity contribution is 0.111. The minimum atomic E-state index is 0.399. The van der Waals surface area contributed by atoms with Gasteiger partial charge in [-0.05, 0) is 22.3 Å². The Morgan fingerprint density at radius 3 is 1.80 bits per heavy atom. The maximum Gasteiger partial charge on any atom is 0.0614 e. The van der Waals surface area contributed by atoms with E-state index in [-0.39, 0.29) is 0 Å². The summed E-state index contributed by atoms with van der Waals surface area (Å²) in [5.74, 6) is 5.89. The van der Waals surface area contributed by atoms with Crippen LogP contribution >= 0.6 is 0 Å². The SMILES string of the molecule is NN1CCN(C2c3ccccc3-c3ccccc32)CC1. The number of nitrogens with zero attached hydrogens (tertiary/aromatic N) is 2. The molecule has 0 bridgehead atoms. The Morgan fingerprint density at radius 2 is 1.25 bits per heavy atom. The lowest BCUT2D eigenvalue weighted by Gasteiger charge is -2.36. The van der Waals surface area contributed by atoms with Crippen molar-refractivity contribution in [2.75, 3.05) is 26.2 Å². The van der Waals surface area contributed by atoms with Crippen molar-refractivity contribution in [3.05, 3.63) is 59.7 Å². The summed E-state index contributed by atoms with van der Waals surface area (Å²) in [6, 6.07) is 18.0. The molecule has 4 rings (SSSR count). The zero-order valence-corrected chi connectivity index (χ0v) is 11.5. The molecule has 2 N–H and O–H groups in total. The second-order valence-corrected chi connectivity index (χ2v) is 5.65. The van der Waals surface area contributed by atoms with Gasteiger partial charge < -0.3 is 0 Å². The van der Waals surface area contributed by atoms with E-state index in [1.54, 1.807) is 0 Å². The van der Waals surface area contributed by atoms with Gasteiger partial charge in [0.1, 0.15) is 0 Å². The van der Waals surface area contributed by atoms with Crippen LogP contribution < -0.4 is 5.84 Å². The van der Waals surface area contributed by atoms with Crippen LogP contribution in [0.5, 0.6) is 0 Å². The Hall–Kier alpha value is -1.68. The molecular formula is C17H19N3. The Bertz CT molecular complexity index is 584. The van der Waals surface area contributed by atoms with Gasteiger partial charge in [-0.1, -0.05) is 48.5 Å². The van der Waals surface area contributed by atoms with Gasteiger partial charge in [-0.15, -0.1) is 0 Å². The largest absolute Gasteiger partial charge is 0.290 e. The summed E-state index contributed by atoms with van der Waals surface area (Å²) in [7, 11) is 0. The molecule has 1 aliphatic carbocycles. The van der Waals surface area contributed by atoms with Crippen LogP contribution in [-0.2, 0) is 0 Å². The van der Waals surface area contributed by atoms with E-state index in [4.69, 9.17) is 5.84 Å². The minimum absolute atomic E-state index is 0.399. The number of fused-ring (bicyclic) bond motifs is 3. The summed E-state index contributed by atoms with van der Waals surface area (Å²) in [5, 5.41) is 1.92. The van der Waals surface area contributed by atoms with Crippen molar-refractivity contribution < 1.29 is 0 Å². The first-order valence-corrected chi connectivity index (χ1v) is 7.26. The molecule has 1 heterocycles. The predicted molar refractivity (Wildman–Crippen MR) is 81.1 cm³/mol. The van der Waals surface area contributed by atoms with Crippen molar-refractivity contribution in [2.24, 2.45) is 5.84 Å². The molecule has 2 aromatic carbocycles. The maximum atomic E-state index is 5.89. The van der Waals surface area contributed by atoms with Gasteiger partial charge in [-0.25, -0.2) is 5.01 Å². The smallest absolute Gasteiger partial charge is 0.0614 e. The number of hydrogen-bond acceptors (Lipinski definition) is 3. The highest BCUT2D eigenvalue weighted by atomic mass is 15.4. The quantitative estimate of drug-likeness (QED) is 0.803. The molecule has 0 spiro atoms. The summed E-state index contributed by atoms with van der Waals surface area (Å²) in [5.41, 5.74) is 5.67. The van der Waals surface area contributed by atoms with Gasteiger partial charge in [0.05, 0.1) is 6.04 Å². The number of benzene rings is 2. The Balaban J connectivity index is 1.79. The molecule has 102 valence electrons. The molecule has 0 saturated carbocycles. The van der Waals surface area contributed by atoms with Crippen LogP contribution in [0.15, 0.2) is 48.5 Å². The van der Waals surface area contributed by atoms with Gasteiger partial charge >= 0.3 is 0 Å². The van der Waals surface area contributed by atoms with Crippen molar-refractivity contribution in [2.45, 2.75) is 6.04 Å². The minimum Gasteiger partial charge on any atom is -0.290 e. The summed E-state index contributed by atoms with van der Waals surface area (Å²) in [6.07, 6.45) is 0. The number of hydrogen-bond donors (Lipinski definition) is 1. The molecule has 2 aliphatic rings. The first-order chi connectivity index (χ1) is 9.84. The van der Waals surface area contributed by atoms with Gasteiger partial charge in [0, 0.05) is 26.2 Å². The number of nitrogens with two attached hydrogens (primary N) is 1. The molecule has 20 heavy (non-hydrogen) atoms. The molecule has 3 heteroatoms. The fourth-order valence-electron chi connectivity index (χ4n) is 3.52. The third-order valence-electron chi connectivity index (χ3n) is 4.51. The molecule has 1 aliphatic heterocycles. The van der Waals surface area contributed by atoms with Crippen LogP contribution in [0.25, 0.3) is 11.1 Å². The van der Waals surface area contributed by atoms with Crippen LogP contribution in [-0.4, -0.2) is 36.1 Å². The predicted octanol–water partition coefficient (Wildman–Crippen LogP) is 2.25. The van der Waals surface area contributed by atoms with Crippen LogP contribution in [0.4, 0.5) is 0 Å². The summed E-state index contributed by atoms with van der Waals surface area (Å²) in [4.78, 5) is 2.56. The Labute approximate surface area is 119 Å². The summed E-state index contributed by atoms with van der Waals surface area (Å²) < 4.78 is 0. The topological polar surface area (TPSA) is 32.5 Å². The molecule has 3 nitrogen and oxygen atoms in total. The van der Waals surface area contributed by atoms with E-state index in [9.17, 15) is 0 Å². The lowest BCUT2D eigenvalue weighted by atomic mass is 10.0. The highest BCUT2D eigenvalue weighted by Crippen LogP contribution is 2.46. The third kappa shape index (κ3) is 1.79. The van der Waals surface area contributed by atoms with Crippen molar-refractivity contribution in [3.8, 4) is 11.1 Å². The Kier molecular flexibility index (Phi) is 2.84. The average Bonchev–Trinajstić information content (AvgIpc) is 2.83. The van der Waals surface area contributed by atoms with Crippen LogP contribution in [0.3, 0.4) is 0 Å². The van der Waals surface area contributed by atoms with E-state index >= 15 is 0 Å². The van der Waals surface area contributed by atoms with Gasteiger partial charge in [0.2, 0.25) is 0 Å². The van der Waals surface area contributed by atoms with Crippen LogP contribution in [0.1, 0.15) is 17.2 Å². The number of piperazine rings is 1. The van der Waals surface area contributed by atoms with E-state index in [2.05, 4.69) is 53.4 Å². The standard InChI is InChI=1S/C17H19N3/c18-20-11-9-19(10-12-20)17-15-7-3-1-5-13(15)14-6-2-4-8-16(14)17/h1-8,17H,9-12,18H2. The summed E-state index contributed by atoms with van der Waals surface area (Å²) >= 11 is 0. The van der Waals surface area contributed by atoms with Gasteiger partial charge in [0.25, 0.3) is 0 Å². The average molecular weight is 265 g/mol. The number of hydrazine groups is 1. The maximum absolute atomic E-state index is 5.89. The molecule has 0 aromatic heterocycles. The Morgan fingerprint density at radius 1 is 0.750 bits per heavy atom. The van der Waals surface area contributed by atoms with Gasteiger partial charge in [0.15, 0.2) is 0 Å². The van der Waals surface area contributed by atoms with E-state index in [0.717, 1.165) is 26.2 Å². The fraction of sp³-hybridized carbons (Fsp3) is 0.294. The van der Waals surface area contributed by atoms with Crippen molar-refractivity contribution in [1.82, 2.24) is 9.91 Å². The first kappa shape index (κ1) is 12.1. The second-order valence-electron chi connectivity index (χ2n) is 5.65. The third-order valence-corrected chi connectivity index (χ3v) is 4.51. The van der Waals surface area contributed by atoms with Crippen molar-refractivity contribution >= 4 is 0 Å². The zero-order valence-electron chi connectivity index (χ0n) is 11.5. The lowest BCUT2D eigenvalue weighted by Crippen LogP contribution is -2.50. The first-order valence-electron chi connectivity index (χ1n) is 7.26. The van der Waals surface area contributed by atoms with Gasteiger partial charge in [-0.2, -0.15) is 0 Å². The fourth-order valence-corrected chi connectivity index (χ4v) is 3.52. The molecule has 1 saturated heterocycles. The van der Waals surface area contributed by atoms with E-state index in [1.165, 1.54) is 22.3 Å². The zero-order chi connectivity index (χ0) is 13.5. The van der Waals surface area contributed by atoms with Crippen LogP contribution in [0.2, 0.25) is 0 Å². The molecule has 0 amide bonds. The molecule has 2 aromatic rings. The van der Waals surface area contributed by atoms with E-state index in [0.29, 0.717) is 6.04 Å². The second kappa shape index (κ2) is 4.70. The molecule has 0 radical (unpaired) electrons. The molecule has 0 unspecified atom stereocenters.